The second kappa shape index (κ2) is 12.7. The highest BCUT2D eigenvalue weighted by Crippen LogP contribution is 2.50. The highest BCUT2D eigenvalue weighted by molar-refractivity contribution is 6.48. The van der Waals surface area contributed by atoms with Crippen LogP contribution in [0.15, 0.2) is 35.6 Å². The number of carboxylic acid groups (broad SMARTS) is 1. The van der Waals surface area contributed by atoms with E-state index < -0.39 is 21.1 Å². The molecule has 3 amide bonds. The van der Waals surface area contributed by atoms with E-state index in [0.717, 1.165) is 18.4 Å². The van der Waals surface area contributed by atoms with Crippen LogP contribution in [0.1, 0.15) is 47.0 Å². The number of carbonyl (C=O) groups excluding carboxylic acids is 3. The maximum absolute atomic E-state index is 13.4. The van der Waals surface area contributed by atoms with Crippen molar-refractivity contribution < 1.29 is 33.4 Å². The van der Waals surface area contributed by atoms with Crippen LogP contribution in [0.3, 0.4) is 0 Å². The molecule has 0 aromatic heterocycles. The number of hydrogen-bond donors (Lipinski definition) is 1. The van der Waals surface area contributed by atoms with E-state index >= 15 is 0 Å². The van der Waals surface area contributed by atoms with Gasteiger partial charge in [-0.15, -0.1) is 0 Å². The molecule has 0 aromatic rings. The second-order valence-electron chi connectivity index (χ2n) is 12.4. The molecular weight excluding hydrogens is 530 g/mol. The molecule has 1 N–H and O–H groups in total. The van der Waals surface area contributed by atoms with Crippen molar-refractivity contribution in [3.63, 3.8) is 0 Å². The summed E-state index contributed by atoms with van der Waals surface area (Å²) >= 11 is 0. The summed E-state index contributed by atoms with van der Waals surface area (Å²) < 4.78 is 11.1. The van der Waals surface area contributed by atoms with Gasteiger partial charge in [0.2, 0.25) is 11.8 Å². The van der Waals surface area contributed by atoms with Gasteiger partial charge in [-0.05, 0) is 61.8 Å². The molecule has 2 fully saturated rings. The molecule has 0 unspecified atom stereocenters. The fourth-order valence-corrected chi connectivity index (χ4v) is 6.58. The van der Waals surface area contributed by atoms with Crippen LogP contribution in [0.25, 0.3) is 0 Å². The van der Waals surface area contributed by atoms with Gasteiger partial charge in [0.1, 0.15) is 18.8 Å². The van der Waals surface area contributed by atoms with E-state index in [1.54, 1.807) is 4.90 Å². The summed E-state index contributed by atoms with van der Waals surface area (Å²) in [7, 11) is 0.218. The van der Waals surface area contributed by atoms with E-state index in [-0.39, 0.29) is 60.0 Å². The minimum Gasteiger partial charge on any atom is -0.477 e. The van der Waals surface area contributed by atoms with Crippen LogP contribution in [-0.2, 0) is 23.5 Å². The van der Waals surface area contributed by atoms with Crippen molar-refractivity contribution in [2.75, 3.05) is 33.4 Å². The molecule has 3 aliphatic rings. The number of likely N-dealkylation sites (tertiary alicyclic amines) is 1. The summed E-state index contributed by atoms with van der Waals surface area (Å²) in [5, 5.41) is 10.1. The number of hydrogen-bond acceptors (Lipinski definition) is 6. The molecule has 3 rings (SSSR count). The Morgan fingerprint density at radius 3 is 2.52 bits per heavy atom. The van der Waals surface area contributed by atoms with Crippen LogP contribution in [0.2, 0.25) is 13.1 Å². The van der Waals surface area contributed by atoms with Crippen molar-refractivity contribution in [2.45, 2.75) is 72.1 Å². The molecule has 0 spiro atoms. The first-order chi connectivity index (χ1) is 18.7. The first-order valence-corrected chi connectivity index (χ1v) is 16.8. The Morgan fingerprint density at radius 1 is 1.27 bits per heavy atom. The van der Waals surface area contributed by atoms with Gasteiger partial charge in [-0.1, -0.05) is 39.5 Å². The number of ether oxygens (including phenoxy) is 1. The highest BCUT2D eigenvalue weighted by Gasteiger charge is 2.59. The Balaban J connectivity index is 1.79. The quantitative estimate of drug-likeness (QED) is 0.228. The maximum atomic E-state index is 13.4. The molecule has 0 radical (unpaired) electrons. The van der Waals surface area contributed by atoms with E-state index in [2.05, 4.69) is 40.4 Å². The highest BCUT2D eigenvalue weighted by atomic mass is 28.3. The Hall–Kier alpha value is -2.92. The molecule has 3 aliphatic heterocycles. The zero-order chi connectivity index (χ0) is 29.9. The van der Waals surface area contributed by atoms with Crippen molar-refractivity contribution in [1.29, 1.82) is 0 Å². The molecule has 222 valence electrons. The van der Waals surface area contributed by atoms with Gasteiger partial charge in [-0.2, -0.15) is 0 Å². The van der Waals surface area contributed by atoms with Gasteiger partial charge in [-0.25, -0.2) is 9.59 Å². The molecule has 3 heterocycles. The van der Waals surface area contributed by atoms with Crippen molar-refractivity contribution in [2.24, 2.45) is 17.3 Å². The van der Waals surface area contributed by atoms with Crippen LogP contribution < -0.4 is 0 Å². The van der Waals surface area contributed by atoms with Crippen molar-refractivity contribution in [3.8, 4) is 0 Å². The van der Waals surface area contributed by atoms with E-state index in [0.29, 0.717) is 25.1 Å². The van der Waals surface area contributed by atoms with Gasteiger partial charge >= 0.3 is 12.1 Å². The van der Waals surface area contributed by atoms with Crippen LogP contribution >= 0.6 is 0 Å². The summed E-state index contributed by atoms with van der Waals surface area (Å²) in [5.74, 6) is -1.79. The average molecular weight is 576 g/mol. The molecule has 0 aliphatic carbocycles. The predicted molar refractivity (Wildman–Crippen MR) is 154 cm³/mol. The minimum absolute atomic E-state index is 0.0204. The van der Waals surface area contributed by atoms with Gasteiger partial charge in [0.25, 0.3) is 0 Å². The van der Waals surface area contributed by atoms with Gasteiger partial charge in [0.15, 0.2) is 9.04 Å². The largest absolute Gasteiger partial charge is 0.477 e. The first-order valence-electron chi connectivity index (χ1n) is 14.1. The number of carboxylic acids is 1. The zero-order valence-electron chi connectivity index (χ0n) is 24.9. The lowest BCUT2D eigenvalue weighted by Gasteiger charge is -2.50. The van der Waals surface area contributed by atoms with Gasteiger partial charge in [0, 0.05) is 20.2 Å². The Kier molecular flexibility index (Phi) is 10.0. The SMILES string of the molecule is C=CCOC(=O)N(C)CC(=O)N1CCC[C@H]1C=C(C)C1=C(C(=O)O)N2C(=O)[C@@H]([C@@H](CO[SiH](C)C)C(C)(C)C)[C@H]2C1. The summed E-state index contributed by atoms with van der Waals surface area (Å²) in [6.07, 6.45) is 4.81. The second-order valence-corrected chi connectivity index (χ2v) is 14.8. The predicted octanol–water partition coefficient (Wildman–Crippen LogP) is 3.41. The number of likely N-dealkylation sites (N-methyl/N-ethyl adjacent to an activating group) is 1. The third-order valence-electron chi connectivity index (χ3n) is 8.11. The standard InChI is InChI=1S/C29H45N3O7Si/c1-9-13-38-28(37)30(6)16-23(33)31-12-10-11-19(31)14-18(2)20-15-22-24(26(34)32(22)25(20)27(35)36)21(29(3,4)5)17-39-40(7)8/h9,14,19,21-22,24,40H,1,10-13,15-17H2,2-8H3,(H,35,36)/t19-,21+,22+,24-/m0/s1. The summed E-state index contributed by atoms with van der Waals surface area (Å²) in [6, 6.07) is -0.436. The average Bonchev–Trinajstić information content (AvgIpc) is 3.46. The van der Waals surface area contributed by atoms with Gasteiger partial charge in [-0.3, -0.25) is 9.59 Å². The van der Waals surface area contributed by atoms with Crippen molar-refractivity contribution >= 4 is 32.9 Å². The van der Waals surface area contributed by atoms with E-state index in [1.807, 2.05) is 13.0 Å². The summed E-state index contributed by atoms with van der Waals surface area (Å²) in [5.41, 5.74) is 1.28. The third kappa shape index (κ3) is 6.68. The number of allylic oxidation sites excluding steroid dienone is 1. The van der Waals surface area contributed by atoms with Crippen LogP contribution in [0.5, 0.6) is 0 Å². The molecule has 40 heavy (non-hydrogen) atoms. The maximum Gasteiger partial charge on any atom is 0.410 e. The number of aliphatic carboxylic acids is 1. The van der Waals surface area contributed by atoms with Gasteiger partial charge < -0.3 is 29.0 Å². The lowest BCUT2D eigenvalue weighted by molar-refractivity contribution is -0.162. The number of rotatable bonds is 11. The van der Waals surface area contributed by atoms with E-state index in [4.69, 9.17) is 9.16 Å². The topological polar surface area (TPSA) is 117 Å². The van der Waals surface area contributed by atoms with Crippen LogP contribution in [-0.4, -0.2) is 98.2 Å². The first kappa shape index (κ1) is 31.6. The van der Waals surface area contributed by atoms with Crippen LogP contribution in [0, 0.1) is 17.3 Å². The zero-order valence-corrected chi connectivity index (χ0v) is 26.1. The molecule has 0 bridgehead atoms. The Bertz CT molecular complexity index is 1090. The minimum atomic E-state index is -1.29. The fraction of sp³-hybridized carbons (Fsp3) is 0.655. The molecular formula is C29H45N3O7Si. The number of nitrogens with zero attached hydrogens (tertiary/aromatic N) is 3. The molecule has 0 aromatic carbocycles. The summed E-state index contributed by atoms with van der Waals surface area (Å²) in [6.45, 7) is 16.9. The normalized spacial score (nSPS) is 23.8. The molecule has 4 atom stereocenters. The van der Waals surface area contributed by atoms with Crippen LogP contribution in [0.4, 0.5) is 4.79 Å². The molecule has 2 saturated heterocycles. The van der Waals surface area contributed by atoms with Crippen molar-refractivity contribution in [1.82, 2.24) is 14.7 Å². The van der Waals surface area contributed by atoms with Crippen molar-refractivity contribution in [3.05, 3.63) is 35.6 Å². The monoisotopic (exact) mass is 575 g/mol. The van der Waals surface area contributed by atoms with E-state index in [9.17, 15) is 24.3 Å². The molecule has 10 nitrogen and oxygen atoms in total. The lowest BCUT2D eigenvalue weighted by atomic mass is 9.66. The summed E-state index contributed by atoms with van der Waals surface area (Å²) in [4.78, 5) is 55.4. The number of fused-ring (bicyclic) bond motifs is 1. The number of carbonyl (C=O) groups is 4. The Labute approximate surface area is 239 Å². The molecule has 0 saturated carbocycles. The number of β-lactam (4-membered cyclic amide) rings is 1. The fourth-order valence-electron chi connectivity index (χ4n) is 5.98. The van der Waals surface area contributed by atoms with Gasteiger partial charge in [0.05, 0.1) is 18.0 Å². The van der Waals surface area contributed by atoms with E-state index in [1.165, 1.54) is 22.9 Å². The third-order valence-corrected chi connectivity index (χ3v) is 8.97. The molecule has 11 heteroatoms. The Morgan fingerprint density at radius 2 is 1.95 bits per heavy atom. The smallest absolute Gasteiger partial charge is 0.410 e. The number of amides is 3. The lowest BCUT2D eigenvalue weighted by Crippen LogP contribution is -2.63.